The molecule has 25 heavy (non-hydrogen) atoms. The fourth-order valence-corrected chi connectivity index (χ4v) is 4.81. The minimum Gasteiger partial charge on any atom is -0.338 e. The standard InChI is InChI=1S/C18H29N3O3S/c1-4-21(5-2)25(23,24)17-10-6-8-15(12-17)18(22)20-11-7-9-16(13-20)14(3)19/h6,8,10,12,14,16H,4-5,7,9,11,13,19H2,1-3H3. The largest absolute Gasteiger partial charge is 0.338 e. The van der Waals surface area contributed by atoms with E-state index in [9.17, 15) is 13.2 Å². The van der Waals surface area contributed by atoms with Crippen LogP contribution in [0.15, 0.2) is 29.2 Å². The van der Waals surface area contributed by atoms with E-state index in [0.29, 0.717) is 37.7 Å². The van der Waals surface area contributed by atoms with Crippen LogP contribution in [0, 0.1) is 5.92 Å². The fourth-order valence-electron chi connectivity index (χ4n) is 3.31. The van der Waals surface area contributed by atoms with Gasteiger partial charge in [0.1, 0.15) is 0 Å². The number of amides is 1. The molecule has 1 fully saturated rings. The van der Waals surface area contributed by atoms with Crippen LogP contribution in [-0.2, 0) is 10.0 Å². The first kappa shape index (κ1) is 19.9. The van der Waals surface area contributed by atoms with E-state index in [0.717, 1.165) is 12.8 Å². The Morgan fingerprint density at radius 1 is 1.36 bits per heavy atom. The Kier molecular flexibility index (Phi) is 6.59. The SMILES string of the molecule is CCN(CC)S(=O)(=O)c1cccc(C(=O)N2CCCC(C(C)N)C2)c1. The minimum absolute atomic E-state index is 0.0463. The van der Waals surface area contributed by atoms with Crippen LogP contribution in [0.1, 0.15) is 44.0 Å². The van der Waals surface area contributed by atoms with Crippen LogP contribution in [0.4, 0.5) is 0 Å². The summed E-state index contributed by atoms with van der Waals surface area (Å²) in [6, 6.07) is 6.40. The van der Waals surface area contributed by atoms with Crippen LogP contribution >= 0.6 is 0 Å². The second kappa shape index (κ2) is 8.29. The average Bonchev–Trinajstić information content (AvgIpc) is 2.62. The highest BCUT2D eigenvalue weighted by atomic mass is 32.2. The summed E-state index contributed by atoms with van der Waals surface area (Å²) in [6.07, 6.45) is 1.95. The number of sulfonamides is 1. The second-order valence-corrected chi connectivity index (χ2v) is 8.57. The van der Waals surface area contributed by atoms with Crippen molar-refractivity contribution in [3.05, 3.63) is 29.8 Å². The Hall–Kier alpha value is -1.44. The third kappa shape index (κ3) is 4.40. The molecule has 1 aliphatic heterocycles. The van der Waals surface area contributed by atoms with Crippen molar-refractivity contribution in [3.63, 3.8) is 0 Å². The molecule has 2 atom stereocenters. The summed E-state index contributed by atoms with van der Waals surface area (Å²) in [5.41, 5.74) is 6.41. The van der Waals surface area contributed by atoms with Gasteiger partial charge in [-0.2, -0.15) is 4.31 Å². The third-order valence-corrected chi connectivity index (χ3v) is 6.96. The van der Waals surface area contributed by atoms with E-state index in [2.05, 4.69) is 0 Å². The van der Waals surface area contributed by atoms with Gasteiger partial charge in [0.15, 0.2) is 0 Å². The van der Waals surface area contributed by atoms with Gasteiger partial charge in [-0.05, 0) is 43.9 Å². The van der Waals surface area contributed by atoms with Crippen molar-refractivity contribution in [1.29, 1.82) is 0 Å². The molecule has 2 rings (SSSR count). The Balaban J connectivity index is 2.25. The van der Waals surface area contributed by atoms with E-state index in [1.54, 1.807) is 36.9 Å². The molecule has 2 unspecified atom stereocenters. The molecule has 1 saturated heterocycles. The zero-order valence-corrected chi connectivity index (χ0v) is 16.1. The molecule has 1 aromatic carbocycles. The maximum Gasteiger partial charge on any atom is 0.253 e. The van der Waals surface area contributed by atoms with Crippen LogP contribution in [0.2, 0.25) is 0 Å². The number of nitrogens with zero attached hydrogens (tertiary/aromatic N) is 2. The lowest BCUT2D eigenvalue weighted by Gasteiger charge is -2.34. The number of hydrogen-bond acceptors (Lipinski definition) is 4. The maximum atomic E-state index is 12.8. The monoisotopic (exact) mass is 367 g/mol. The van der Waals surface area contributed by atoms with Gasteiger partial charge >= 0.3 is 0 Å². The predicted octanol–water partition coefficient (Wildman–Crippen LogP) is 1.92. The summed E-state index contributed by atoms with van der Waals surface area (Å²) in [7, 11) is -3.57. The van der Waals surface area contributed by atoms with Crippen molar-refractivity contribution in [2.75, 3.05) is 26.2 Å². The first-order chi connectivity index (χ1) is 11.8. The van der Waals surface area contributed by atoms with Crippen LogP contribution < -0.4 is 5.73 Å². The normalized spacial score (nSPS) is 19.9. The topological polar surface area (TPSA) is 83.7 Å². The Labute approximate surface area is 151 Å². The van der Waals surface area contributed by atoms with Gasteiger partial charge in [0.05, 0.1) is 4.90 Å². The van der Waals surface area contributed by atoms with E-state index in [4.69, 9.17) is 5.73 Å². The van der Waals surface area contributed by atoms with Crippen LogP contribution in [-0.4, -0.2) is 55.8 Å². The predicted molar refractivity (Wildman–Crippen MR) is 98.8 cm³/mol. The van der Waals surface area contributed by atoms with Gasteiger partial charge in [0.25, 0.3) is 5.91 Å². The molecule has 0 radical (unpaired) electrons. The lowest BCUT2D eigenvalue weighted by atomic mass is 9.92. The maximum absolute atomic E-state index is 12.8. The number of carbonyl (C=O) groups excluding carboxylic acids is 1. The number of rotatable bonds is 6. The first-order valence-electron chi connectivity index (χ1n) is 8.96. The van der Waals surface area contributed by atoms with Gasteiger partial charge in [-0.1, -0.05) is 19.9 Å². The number of hydrogen-bond donors (Lipinski definition) is 1. The van der Waals surface area contributed by atoms with Gasteiger partial charge in [0.2, 0.25) is 10.0 Å². The van der Waals surface area contributed by atoms with Gasteiger partial charge < -0.3 is 10.6 Å². The summed E-state index contributed by atoms with van der Waals surface area (Å²) in [5.74, 6) is 0.169. The molecule has 1 aliphatic rings. The van der Waals surface area contributed by atoms with Crippen molar-refractivity contribution >= 4 is 15.9 Å². The Morgan fingerprint density at radius 3 is 2.64 bits per heavy atom. The molecule has 1 amide bonds. The van der Waals surface area contributed by atoms with Gasteiger partial charge in [-0.3, -0.25) is 4.79 Å². The quantitative estimate of drug-likeness (QED) is 0.832. The summed E-state index contributed by atoms with van der Waals surface area (Å²) in [6.45, 7) is 7.70. The summed E-state index contributed by atoms with van der Waals surface area (Å²) < 4.78 is 26.7. The zero-order chi connectivity index (χ0) is 18.6. The molecule has 0 bridgehead atoms. The lowest BCUT2D eigenvalue weighted by molar-refractivity contribution is 0.0660. The highest BCUT2D eigenvalue weighted by molar-refractivity contribution is 7.89. The first-order valence-corrected chi connectivity index (χ1v) is 10.4. The molecule has 1 heterocycles. The van der Waals surface area contributed by atoms with E-state index in [1.165, 1.54) is 10.4 Å². The molecule has 2 N–H and O–H groups in total. The van der Waals surface area contributed by atoms with Crippen molar-refractivity contribution in [1.82, 2.24) is 9.21 Å². The van der Waals surface area contributed by atoms with E-state index in [1.807, 2.05) is 6.92 Å². The van der Waals surface area contributed by atoms with E-state index < -0.39 is 10.0 Å². The third-order valence-electron chi connectivity index (χ3n) is 4.91. The number of likely N-dealkylation sites (tertiary alicyclic amines) is 1. The highest BCUT2D eigenvalue weighted by Crippen LogP contribution is 2.22. The second-order valence-electron chi connectivity index (χ2n) is 6.63. The lowest BCUT2D eigenvalue weighted by Crippen LogP contribution is -2.45. The molecule has 7 heteroatoms. The number of piperidine rings is 1. The Morgan fingerprint density at radius 2 is 2.04 bits per heavy atom. The van der Waals surface area contributed by atoms with Crippen molar-refractivity contribution < 1.29 is 13.2 Å². The summed E-state index contributed by atoms with van der Waals surface area (Å²) in [5, 5.41) is 0. The fraction of sp³-hybridized carbons (Fsp3) is 0.611. The molecule has 0 aliphatic carbocycles. The van der Waals surface area contributed by atoms with Gasteiger partial charge in [0, 0.05) is 37.8 Å². The van der Waals surface area contributed by atoms with Crippen LogP contribution in [0.3, 0.4) is 0 Å². The number of benzene rings is 1. The summed E-state index contributed by atoms with van der Waals surface area (Å²) >= 11 is 0. The van der Waals surface area contributed by atoms with Gasteiger partial charge in [-0.25, -0.2) is 8.42 Å². The van der Waals surface area contributed by atoms with Crippen molar-refractivity contribution in [2.45, 2.75) is 44.6 Å². The molecule has 0 saturated carbocycles. The Bertz CT molecular complexity index is 699. The smallest absolute Gasteiger partial charge is 0.253 e. The van der Waals surface area contributed by atoms with Crippen LogP contribution in [0.5, 0.6) is 0 Å². The van der Waals surface area contributed by atoms with Crippen LogP contribution in [0.25, 0.3) is 0 Å². The number of carbonyl (C=O) groups is 1. The van der Waals surface area contributed by atoms with E-state index in [-0.39, 0.29) is 16.8 Å². The molecule has 1 aromatic rings. The average molecular weight is 368 g/mol. The van der Waals surface area contributed by atoms with Crippen molar-refractivity contribution in [2.24, 2.45) is 11.7 Å². The molecule has 0 spiro atoms. The zero-order valence-electron chi connectivity index (χ0n) is 15.3. The highest BCUT2D eigenvalue weighted by Gasteiger charge is 2.28. The minimum atomic E-state index is -3.57. The summed E-state index contributed by atoms with van der Waals surface area (Å²) in [4.78, 5) is 14.8. The number of nitrogens with two attached hydrogens (primary N) is 1. The molecule has 6 nitrogen and oxygen atoms in total. The molecular weight excluding hydrogens is 338 g/mol. The molecule has 140 valence electrons. The van der Waals surface area contributed by atoms with Crippen molar-refractivity contribution in [3.8, 4) is 0 Å². The van der Waals surface area contributed by atoms with E-state index >= 15 is 0 Å². The van der Waals surface area contributed by atoms with Gasteiger partial charge in [-0.15, -0.1) is 0 Å². The molecule has 0 aromatic heterocycles. The molecular formula is C18H29N3O3S.